The van der Waals surface area contributed by atoms with E-state index in [9.17, 15) is 9.59 Å². The second kappa shape index (κ2) is 7.59. The predicted molar refractivity (Wildman–Crippen MR) is 94.8 cm³/mol. The van der Waals surface area contributed by atoms with Crippen LogP contribution in [0.4, 0.5) is 0 Å². The third-order valence-corrected chi connectivity index (χ3v) is 4.38. The number of nitrogens with one attached hydrogen (secondary N) is 2. The number of carbonyl (C=O) groups is 2. The Labute approximate surface area is 149 Å². The first-order valence-corrected chi connectivity index (χ1v) is 8.09. The zero-order valence-electron chi connectivity index (χ0n) is 11.5. The van der Waals surface area contributed by atoms with Crippen molar-refractivity contribution in [3.05, 3.63) is 61.6 Å². The first-order chi connectivity index (χ1) is 10.5. The van der Waals surface area contributed by atoms with Crippen molar-refractivity contribution in [2.24, 2.45) is 0 Å². The van der Waals surface area contributed by atoms with Gasteiger partial charge in [-0.1, -0.05) is 12.1 Å². The molecule has 7 heteroatoms. The molecule has 2 aromatic rings. The minimum absolute atomic E-state index is 0.370. The number of rotatable bonds is 3. The second-order valence-electron chi connectivity index (χ2n) is 4.24. The zero-order chi connectivity index (χ0) is 16.1. The lowest BCUT2D eigenvalue weighted by Gasteiger charge is -2.09. The molecule has 5 nitrogen and oxygen atoms in total. The maximum Gasteiger partial charge on any atom is 0.270 e. The highest BCUT2D eigenvalue weighted by Crippen LogP contribution is 2.25. The largest absolute Gasteiger partial charge is 0.496 e. The van der Waals surface area contributed by atoms with Gasteiger partial charge in [-0.3, -0.25) is 20.4 Å². The predicted octanol–water partition coefficient (Wildman–Crippen LogP) is 3.14. The molecular weight excluding hydrogens is 463 g/mol. The third-order valence-electron chi connectivity index (χ3n) is 2.82. The molecule has 0 aliphatic heterocycles. The molecule has 114 valence electrons. The summed E-state index contributed by atoms with van der Waals surface area (Å²) in [5.41, 5.74) is 5.68. The van der Waals surface area contributed by atoms with Gasteiger partial charge in [0.15, 0.2) is 0 Å². The molecule has 0 bridgehead atoms. The molecule has 2 rings (SSSR count). The fraction of sp³-hybridized carbons (Fsp3) is 0.0667. The molecule has 0 aliphatic rings. The second-order valence-corrected chi connectivity index (χ2v) is 6.25. The molecule has 2 aromatic carbocycles. The molecule has 0 spiro atoms. The maximum atomic E-state index is 12.0. The molecular formula is C15H12BrIN2O3. The number of carbonyl (C=O) groups excluding carboxylic acids is 2. The van der Waals surface area contributed by atoms with E-state index in [1.807, 2.05) is 12.1 Å². The number of methoxy groups -OCH3 is 1. The van der Waals surface area contributed by atoms with Crippen molar-refractivity contribution in [1.29, 1.82) is 0 Å². The van der Waals surface area contributed by atoms with Crippen LogP contribution in [0, 0.1) is 3.57 Å². The molecule has 0 aromatic heterocycles. The molecule has 0 saturated carbocycles. The first kappa shape index (κ1) is 16.8. The summed E-state index contributed by atoms with van der Waals surface area (Å²) in [6, 6.07) is 12.0. The van der Waals surface area contributed by atoms with Crippen molar-refractivity contribution < 1.29 is 14.3 Å². The number of amides is 2. The van der Waals surface area contributed by atoms with Gasteiger partial charge in [-0.15, -0.1) is 0 Å². The summed E-state index contributed by atoms with van der Waals surface area (Å²) < 4.78 is 6.56. The molecule has 0 unspecified atom stereocenters. The van der Waals surface area contributed by atoms with Crippen molar-refractivity contribution in [2.75, 3.05) is 7.11 Å². The van der Waals surface area contributed by atoms with E-state index in [4.69, 9.17) is 4.74 Å². The molecule has 0 aliphatic carbocycles. The summed E-state index contributed by atoms with van der Waals surface area (Å²) in [6.45, 7) is 0. The number of halogens is 2. The lowest BCUT2D eigenvalue weighted by molar-refractivity contribution is 0.0846. The maximum absolute atomic E-state index is 12.0. The van der Waals surface area contributed by atoms with Crippen LogP contribution in [0.2, 0.25) is 0 Å². The smallest absolute Gasteiger partial charge is 0.270 e. The molecule has 2 N–H and O–H groups in total. The SMILES string of the molecule is COc1ccc(C(=O)NNC(=O)c2ccccc2I)cc1Br. The topological polar surface area (TPSA) is 67.4 Å². The van der Waals surface area contributed by atoms with E-state index in [1.54, 1.807) is 37.4 Å². The molecule has 0 fully saturated rings. The standard InChI is InChI=1S/C15H12BrIN2O3/c1-22-13-7-6-9(8-11(13)16)14(20)18-19-15(21)10-4-2-3-5-12(10)17/h2-8H,1H3,(H,18,20)(H,19,21). The Kier molecular flexibility index (Phi) is 5.78. The fourth-order valence-corrected chi connectivity index (χ4v) is 2.88. The average Bonchev–Trinajstić information content (AvgIpc) is 2.52. The summed E-state index contributed by atoms with van der Waals surface area (Å²) >= 11 is 5.37. The van der Waals surface area contributed by atoms with Crippen LogP contribution in [-0.4, -0.2) is 18.9 Å². The van der Waals surface area contributed by atoms with Crippen molar-refractivity contribution >= 4 is 50.3 Å². The van der Waals surface area contributed by atoms with Crippen LogP contribution < -0.4 is 15.6 Å². The average molecular weight is 475 g/mol. The van der Waals surface area contributed by atoms with Crippen LogP contribution in [-0.2, 0) is 0 Å². The lowest BCUT2D eigenvalue weighted by atomic mass is 10.2. The summed E-state index contributed by atoms with van der Waals surface area (Å²) in [5, 5.41) is 0. The zero-order valence-corrected chi connectivity index (χ0v) is 15.3. The van der Waals surface area contributed by atoms with Crippen molar-refractivity contribution in [3.8, 4) is 5.75 Å². The molecule has 0 heterocycles. The van der Waals surface area contributed by atoms with E-state index < -0.39 is 5.91 Å². The van der Waals surface area contributed by atoms with Crippen LogP contribution in [0.5, 0.6) is 5.75 Å². The molecule has 2 amide bonds. The number of ether oxygens (including phenoxy) is 1. The summed E-state index contributed by atoms with van der Waals surface area (Å²) in [7, 11) is 1.54. The summed E-state index contributed by atoms with van der Waals surface area (Å²) in [4.78, 5) is 24.0. The Bertz CT molecular complexity index is 722. The third kappa shape index (κ3) is 3.98. The molecule has 0 radical (unpaired) electrons. The van der Waals surface area contributed by atoms with Gasteiger partial charge in [0.1, 0.15) is 5.75 Å². The van der Waals surface area contributed by atoms with Gasteiger partial charge in [0.25, 0.3) is 11.8 Å². The Morgan fingerprint density at radius 3 is 2.41 bits per heavy atom. The summed E-state index contributed by atoms with van der Waals surface area (Å²) in [6.07, 6.45) is 0. The van der Waals surface area contributed by atoms with Crippen LogP contribution >= 0.6 is 38.5 Å². The van der Waals surface area contributed by atoms with Gasteiger partial charge in [-0.05, 0) is 68.9 Å². The van der Waals surface area contributed by atoms with E-state index in [1.165, 1.54) is 0 Å². The Balaban J connectivity index is 2.02. The van der Waals surface area contributed by atoms with Gasteiger partial charge >= 0.3 is 0 Å². The van der Waals surface area contributed by atoms with Gasteiger partial charge in [0.2, 0.25) is 0 Å². The minimum atomic E-state index is -0.414. The van der Waals surface area contributed by atoms with Gasteiger partial charge in [0.05, 0.1) is 17.1 Å². The number of hydrazine groups is 1. The summed E-state index contributed by atoms with van der Waals surface area (Å²) in [5.74, 6) is -0.159. The van der Waals surface area contributed by atoms with E-state index >= 15 is 0 Å². The first-order valence-electron chi connectivity index (χ1n) is 6.21. The minimum Gasteiger partial charge on any atom is -0.496 e. The quantitative estimate of drug-likeness (QED) is 0.530. The van der Waals surface area contributed by atoms with Crippen LogP contribution in [0.25, 0.3) is 0 Å². The van der Waals surface area contributed by atoms with E-state index in [2.05, 4.69) is 49.4 Å². The highest BCUT2D eigenvalue weighted by Gasteiger charge is 2.12. The Hall–Kier alpha value is -1.61. The lowest BCUT2D eigenvalue weighted by Crippen LogP contribution is -2.41. The van der Waals surface area contributed by atoms with Crippen LogP contribution in [0.3, 0.4) is 0 Å². The number of hydrogen-bond acceptors (Lipinski definition) is 3. The molecule has 0 saturated heterocycles. The van der Waals surface area contributed by atoms with Gasteiger partial charge in [-0.2, -0.15) is 0 Å². The van der Waals surface area contributed by atoms with Gasteiger partial charge < -0.3 is 4.74 Å². The van der Waals surface area contributed by atoms with Crippen molar-refractivity contribution in [1.82, 2.24) is 10.9 Å². The highest BCUT2D eigenvalue weighted by molar-refractivity contribution is 14.1. The highest BCUT2D eigenvalue weighted by atomic mass is 127. The number of hydrogen-bond donors (Lipinski definition) is 2. The molecule has 0 atom stereocenters. The monoisotopic (exact) mass is 474 g/mol. The molecule has 22 heavy (non-hydrogen) atoms. The Morgan fingerprint density at radius 1 is 1.09 bits per heavy atom. The van der Waals surface area contributed by atoms with E-state index in [0.29, 0.717) is 21.3 Å². The van der Waals surface area contributed by atoms with Crippen molar-refractivity contribution in [2.45, 2.75) is 0 Å². The fourth-order valence-electron chi connectivity index (χ4n) is 1.71. The van der Waals surface area contributed by atoms with Crippen molar-refractivity contribution in [3.63, 3.8) is 0 Å². The van der Waals surface area contributed by atoms with Gasteiger partial charge in [-0.25, -0.2) is 0 Å². The van der Waals surface area contributed by atoms with E-state index in [0.717, 1.165) is 3.57 Å². The normalized spacial score (nSPS) is 9.95. The number of benzene rings is 2. The van der Waals surface area contributed by atoms with Gasteiger partial charge in [0, 0.05) is 9.13 Å². The van der Waals surface area contributed by atoms with E-state index in [-0.39, 0.29) is 5.91 Å². The van der Waals surface area contributed by atoms with Crippen LogP contribution in [0.1, 0.15) is 20.7 Å². The Morgan fingerprint density at radius 2 is 1.77 bits per heavy atom. The van der Waals surface area contributed by atoms with Crippen LogP contribution in [0.15, 0.2) is 46.9 Å².